The number of nitrogens with one attached hydrogen (secondary N) is 1. The summed E-state index contributed by atoms with van der Waals surface area (Å²) >= 11 is 0. The first-order chi connectivity index (χ1) is 15.2. The molecule has 1 aliphatic heterocycles. The molecule has 2 aromatic carbocycles. The molecule has 1 aromatic heterocycles. The molecule has 0 saturated carbocycles. The summed E-state index contributed by atoms with van der Waals surface area (Å²) < 4.78 is 10.6. The number of hydrogen-bond acceptors (Lipinski definition) is 4. The molecule has 6 heteroatoms. The highest BCUT2D eigenvalue weighted by Gasteiger charge is 2.23. The van der Waals surface area contributed by atoms with Crippen LogP contribution in [0.5, 0.6) is 5.75 Å². The molecule has 0 unspecified atom stereocenters. The third kappa shape index (κ3) is 4.63. The van der Waals surface area contributed by atoms with E-state index in [4.69, 9.17) is 9.47 Å². The highest BCUT2D eigenvalue weighted by molar-refractivity contribution is 6.17. The Bertz CT molecular complexity index is 1100. The van der Waals surface area contributed by atoms with Gasteiger partial charge in [-0.3, -0.25) is 0 Å². The zero-order chi connectivity index (χ0) is 21.6. The smallest absolute Gasteiger partial charge is 0.415 e. The van der Waals surface area contributed by atoms with Crippen molar-refractivity contribution in [2.45, 2.75) is 25.7 Å². The maximum Gasteiger partial charge on any atom is 0.415 e. The zero-order valence-electron chi connectivity index (χ0n) is 17.6. The van der Waals surface area contributed by atoms with Gasteiger partial charge in [-0.25, -0.2) is 9.59 Å². The van der Waals surface area contributed by atoms with Gasteiger partial charge in [-0.05, 0) is 49.4 Å². The van der Waals surface area contributed by atoms with Gasteiger partial charge >= 0.3 is 12.1 Å². The number of amides is 1. The summed E-state index contributed by atoms with van der Waals surface area (Å²) in [5.74, 6) is 0.177. The number of benzene rings is 2. The van der Waals surface area contributed by atoms with Crippen LogP contribution in [0.4, 0.5) is 4.79 Å². The van der Waals surface area contributed by atoms with Crippen molar-refractivity contribution in [3.63, 3.8) is 0 Å². The van der Waals surface area contributed by atoms with Crippen LogP contribution in [-0.2, 0) is 16.0 Å². The lowest BCUT2D eigenvalue weighted by atomic mass is 10.0. The molecule has 3 aromatic rings. The third-order valence-electron chi connectivity index (χ3n) is 5.56. The number of methoxy groups -OCH3 is 1. The molecule has 0 radical (unpaired) electrons. The van der Waals surface area contributed by atoms with E-state index in [2.05, 4.69) is 4.98 Å². The van der Waals surface area contributed by atoms with Crippen molar-refractivity contribution in [2.75, 3.05) is 20.2 Å². The summed E-state index contributed by atoms with van der Waals surface area (Å²) in [6.45, 7) is 1.10. The number of aromatic nitrogens is 1. The Morgan fingerprint density at radius 2 is 1.74 bits per heavy atom. The van der Waals surface area contributed by atoms with Crippen molar-refractivity contribution < 1.29 is 19.1 Å². The molecule has 31 heavy (non-hydrogen) atoms. The third-order valence-corrected chi connectivity index (χ3v) is 5.56. The molecule has 0 saturated heterocycles. The fourth-order valence-corrected chi connectivity index (χ4v) is 3.98. The summed E-state index contributed by atoms with van der Waals surface area (Å²) in [4.78, 5) is 30.5. The van der Waals surface area contributed by atoms with E-state index in [1.54, 1.807) is 17.0 Å². The van der Waals surface area contributed by atoms with Crippen molar-refractivity contribution in [3.05, 3.63) is 71.9 Å². The number of carbonyl (C=O) groups is 2. The zero-order valence-corrected chi connectivity index (χ0v) is 17.6. The van der Waals surface area contributed by atoms with Crippen LogP contribution in [0.2, 0.25) is 0 Å². The lowest BCUT2D eigenvalue weighted by Crippen LogP contribution is -2.36. The monoisotopic (exact) mass is 418 g/mol. The molecule has 4 rings (SSSR count). The Kier molecular flexibility index (Phi) is 6.36. The second-order valence-electron chi connectivity index (χ2n) is 7.55. The highest BCUT2D eigenvalue weighted by atomic mass is 16.6. The second kappa shape index (κ2) is 9.51. The number of carbonyl (C=O) groups excluding carboxylic acids is 2. The van der Waals surface area contributed by atoms with Gasteiger partial charge in [0.25, 0.3) is 0 Å². The predicted molar refractivity (Wildman–Crippen MR) is 120 cm³/mol. The number of hydrogen-bond donors (Lipinski definition) is 1. The van der Waals surface area contributed by atoms with Crippen LogP contribution in [0, 0.1) is 0 Å². The minimum atomic E-state index is -0.354. The molecule has 0 spiro atoms. The molecule has 0 fully saturated rings. The van der Waals surface area contributed by atoms with Crippen molar-refractivity contribution in [2.24, 2.45) is 0 Å². The van der Waals surface area contributed by atoms with Crippen LogP contribution in [0.25, 0.3) is 16.5 Å². The molecule has 6 nitrogen and oxygen atoms in total. The van der Waals surface area contributed by atoms with Crippen molar-refractivity contribution in [3.8, 4) is 5.75 Å². The molecule has 0 atom stereocenters. The number of esters is 1. The van der Waals surface area contributed by atoms with Crippen LogP contribution in [0.3, 0.4) is 0 Å². The predicted octanol–water partition coefficient (Wildman–Crippen LogP) is 4.95. The number of fused-ring (bicyclic) bond motifs is 3. The highest BCUT2D eigenvalue weighted by Crippen LogP contribution is 2.30. The Morgan fingerprint density at radius 3 is 2.55 bits per heavy atom. The van der Waals surface area contributed by atoms with Gasteiger partial charge in [0.15, 0.2) is 0 Å². The standard InChI is InChI=1S/C25H26N2O4/c1-30-24(28)21-13-6-3-9-16-27(25(29)31-18-10-4-2-5-11-18)17-15-20-19-12-7-8-14-22(19)26-23(20)21/h2,4-5,7-8,10-14,26H,3,6,9,15-17H2,1H3/b21-13-. The number of rotatable bonds is 2. The van der Waals surface area contributed by atoms with Crippen LogP contribution in [0.15, 0.2) is 60.7 Å². The quantitative estimate of drug-likeness (QED) is 0.598. The number of allylic oxidation sites excluding steroid dienone is 1. The maximum atomic E-state index is 12.9. The molecule has 160 valence electrons. The Balaban J connectivity index is 1.66. The summed E-state index contributed by atoms with van der Waals surface area (Å²) in [5.41, 5.74) is 3.28. The van der Waals surface area contributed by atoms with E-state index in [-0.39, 0.29) is 12.1 Å². The summed E-state index contributed by atoms with van der Waals surface area (Å²) in [7, 11) is 1.40. The number of nitrogens with zero attached hydrogens (tertiary/aromatic N) is 1. The number of ether oxygens (including phenoxy) is 2. The minimum absolute atomic E-state index is 0.354. The van der Waals surface area contributed by atoms with E-state index in [0.717, 1.165) is 41.4 Å². The molecule has 1 N–H and O–H groups in total. The van der Waals surface area contributed by atoms with E-state index in [1.807, 2.05) is 48.5 Å². The van der Waals surface area contributed by atoms with Gasteiger partial charge in [0.05, 0.1) is 18.4 Å². The van der Waals surface area contributed by atoms with E-state index < -0.39 is 0 Å². The lowest BCUT2D eigenvalue weighted by molar-refractivity contribution is -0.133. The summed E-state index contributed by atoms with van der Waals surface area (Å²) in [5, 5.41) is 1.04. The van der Waals surface area contributed by atoms with Gasteiger partial charge in [0.1, 0.15) is 5.75 Å². The van der Waals surface area contributed by atoms with Gasteiger partial charge in [-0.1, -0.05) is 42.5 Å². The average molecular weight is 418 g/mol. The van der Waals surface area contributed by atoms with E-state index in [9.17, 15) is 9.59 Å². The SMILES string of the molecule is COC(=O)/C1=C\CCCCN(C(=O)Oc2ccccc2)CCc2c1[nH]c1ccccc21. The first kappa shape index (κ1) is 20.7. The topological polar surface area (TPSA) is 71.6 Å². The minimum Gasteiger partial charge on any atom is -0.465 e. The second-order valence-corrected chi connectivity index (χ2v) is 7.55. The maximum absolute atomic E-state index is 12.9. The fraction of sp³-hybridized carbons (Fsp3) is 0.280. The van der Waals surface area contributed by atoms with Crippen molar-refractivity contribution in [1.29, 1.82) is 0 Å². The molecule has 0 aliphatic carbocycles. The van der Waals surface area contributed by atoms with Gasteiger partial charge in [-0.2, -0.15) is 0 Å². The number of para-hydroxylation sites is 2. The molecule has 1 amide bonds. The van der Waals surface area contributed by atoms with Crippen LogP contribution in [-0.4, -0.2) is 42.1 Å². The van der Waals surface area contributed by atoms with Gasteiger partial charge in [0, 0.05) is 24.0 Å². The largest absolute Gasteiger partial charge is 0.465 e. The Morgan fingerprint density at radius 1 is 0.968 bits per heavy atom. The van der Waals surface area contributed by atoms with Gasteiger partial charge in [0.2, 0.25) is 0 Å². The van der Waals surface area contributed by atoms with Crippen LogP contribution in [0.1, 0.15) is 30.5 Å². The molecule has 2 heterocycles. The number of aromatic amines is 1. The normalized spacial score (nSPS) is 16.5. The summed E-state index contributed by atoms with van der Waals surface area (Å²) in [6.07, 6.45) is 4.58. The van der Waals surface area contributed by atoms with E-state index in [1.165, 1.54) is 7.11 Å². The Labute approximate surface area is 181 Å². The van der Waals surface area contributed by atoms with Gasteiger partial charge in [-0.15, -0.1) is 0 Å². The summed E-state index contributed by atoms with van der Waals surface area (Å²) in [6, 6.07) is 17.1. The average Bonchev–Trinajstić information content (AvgIpc) is 3.14. The first-order valence-electron chi connectivity index (χ1n) is 10.6. The fourth-order valence-electron chi connectivity index (χ4n) is 3.98. The van der Waals surface area contributed by atoms with Crippen molar-refractivity contribution >= 4 is 28.5 Å². The van der Waals surface area contributed by atoms with Crippen LogP contribution >= 0.6 is 0 Å². The molecule has 0 bridgehead atoms. The molecular weight excluding hydrogens is 392 g/mol. The molecular formula is C25H26N2O4. The lowest BCUT2D eigenvalue weighted by Gasteiger charge is -2.22. The van der Waals surface area contributed by atoms with Gasteiger partial charge < -0.3 is 19.4 Å². The van der Waals surface area contributed by atoms with E-state index in [0.29, 0.717) is 30.8 Å². The number of H-pyrrole nitrogens is 1. The first-order valence-corrected chi connectivity index (χ1v) is 10.6. The van der Waals surface area contributed by atoms with Crippen molar-refractivity contribution in [1.82, 2.24) is 9.88 Å². The van der Waals surface area contributed by atoms with Crippen LogP contribution < -0.4 is 4.74 Å². The Hall–Kier alpha value is -3.54. The van der Waals surface area contributed by atoms with E-state index >= 15 is 0 Å². The molecule has 1 aliphatic rings.